The molecular weight excluding hydrogens is 473 g/mol. The van der Waals surface area contributed by atoms with E-state index in [0.29, 0.717) is 6.42 Å². The zero-order valence-electron chi connectivity index (χ0n) is 19.8. The summed E-state index contributed by atoms with van der Waals surface area (Å²) in [5.41, 5.74) is -2.07. The molecule has 190 valence electrons. The number of piperidine rings is 1. The van der Waals surface area contributed by atoms with Gasteiger partial charge in [-0.25, -0.2) is 0 Å². The van der Waals surface area contributed by atoms with Crippen molar-refractivity contribution in [1.82, 2.24) is 10.2 Å². The molecule has 2 heterocycles. The zero-order valence-corrected chi connectivity index (χ0v) is 20.7. The van der Waals surface area contributed by atoms with Crippen LogP contribution in [0.15, 0.2) is 59.5 Å². The Morgan fingerprint density at radius 3 is 2.09 bits per heavy atom. The van der Waals surface area contributed by atoms with Crippen LogP contribution in [-0.4, -0.2) is 68.2 Å². The van der Waals surface area contributed by atoms with Crippen LogP contribution >= 0.6 is 11.8 Å². The van der Waals surface area contributed by atoms with Gasteiger partial charge in [-0.05, 0) is 74.0 Å². The van der Waals surface area contributed by atoms with E-state index < -0.39 is 5.51 Å². The Hall–Kier alpha value is -2.39. The van der Waals surface area contributed by atoms with Gasteiger partial charge >= 0.3 is 5.51 Å². The Morgan fingerprint density at radius 1 is 0.857 bits per heavy atom. The third-order valence-electron chi connectivity index (χ3n) is 6.67. The molecule has 9 heteroatoms. The number of para-hydroxylation sites is 1. The third kappa shape index (κ3) is 8.07. The molecule has 4 rings (SSSR count). The van der Waals surface area contributed by atoms with Crippen LogP contribution in [0.4, 0.5) is 24.5 Å². The van der Waals surface area contributed by atoms with Gasteiger partial charge in [-0.15, -0.1) is 0 Å². The Kier molecular flexibility index (Phi) is 8.83. The number of alkyl halides is 3. The maximum absolute atomic E-state index is 12.5. The fourth-order valence-electron chi connectivity index (χ4n) is 4.77. The number of piperazine rings is 1. The second kappa shape index (κ2) is 12.0. The number of halogens is 3. The molecule has 1 N–H and O–H groups in total. The first-order valence-electron chi connectivity index (χ1n) is 12.3. The van der Waals surface area contributed by atoms with Crippen LogP contribution in [0, 0.1) is 0 Å². The lowest BCUT2D eigenvalue weighted by molar-refractivity contribution is -0.122. The third-order valence-corrected chi connectivity index (χ3v) is 7.41. The molecule has 2 saturated heterocycles. The van der Waals surface area contributed by atoms with Crippen molar-refractivity contribution in [2.45, 2.75) is 42.1 Å². The number of rotatable bonds is 8. The van der Waals surface area contributed by atoms with Crippen LogP contribution in [0.1, 0.15) is 25.7 Å². The van der Waals surface area contributed by atoms with Crippen LogP contribution in [0.3, 0.4) is 0 Å². The zero-order chi connectivity index (χ0) is 24.7. The molecule has 2 aliphatic heterocycles. The fourth-order valence-corrected chi connectivity index (χ4v) is 5.31. The smallest absolute Gasteiger partial charge is 0.371 e. The summed E-state index contributed by atoms with van der Waals surface area (Å²) < 4.78 is 37.5. The topological polar surface area (TPSA) is 38.8 Å². The average Bonchev–Trinajstić information content (AvgIpc) is 2.85. The Labute approximate surface area is 209 Å². The van der Waals surface area contributed by atoms with Crippen molar-refractivity contribution < 1.29 is 18.0 Å². The number of hydrogen-bond acceptors (Lipinski definition) is 5. The number of hydrogen-bond donors (Lipinski definition) is 1. The first-order chi connectivity index (χ1) is 16.9. The Morgan fingerprint density at radius 2 is 1.46 bits per heavy atom. The second-order valence-electron chi connectivity index (χ2n) is 9.14. The highest BCUT2D eigenvalue weighted by atomic mass is 32.2. The number of carbonyl (C=O) groups excluding carboxylic acids is 1. The van der Waals surface area contributed by atoms with E-state index in [2.05, 4.69) is 44.3 Å². The monoisotopic (exact) mass is 506 g/mol. The summed E-state index contributed by atoms with van der Waals surface area (Å²) in [6, 6.07) is 17.2. The van der Waals surface area contributed by atoms with E-state index in [4.69, 9.17) is 0 Å². The molecule has 2 aromatic carbocycles. The van der Waals surface area contributed by atoms with Gasteiger partial charge in [-0.2, -0.15) is 13.2 Å². The van der Waals surface area contributed by atoms with Gasteiger partial charge in [-0.1, -0.05) is 18.2 Å². The highest BCUT2D eigenvalue weighted by Gasteiger charge is 2.29. The van der Waals surface area contributed by atoms with Crippen molar-refractivity contribution in [3.63, 3.8) is 0 Å². The van der Waals surface area contributed by atoms with Gasteiger partial charge in [-0.3, -0.25) is 9.69 Å². The van der Waals surface area contributed by atoms with Crippen molar-refractivity contribution in [3.8, 4) is 0 Å². The second-order valence-corrected chi connectivity index (χ2v) is 10.3. The lowest BCUT2D eigenvalue weighted by Crippen LogP contribution is -2.47. The summed E-state index contributed by atoms with van der Waals surface area (Å²) in [7, 11) is 0. The maximum atomic E-state index is 12.5. The molecule has 0 atom stereocenters. The van der Waals surface area contributed by atoms with Gasteiger partial charge in [0.05, 0.1) is 0 Å². The van der Waals surface area contributed by atoms with Gasteiger partial charge in [0.2, 0.25) is 5.91 Å². The SMILES string of the molecule is O=C(CCCN1CCN(c2ccccc2)CC1)NC1CCN(c2ccc(SC(F)(F)F)cc2)CC1. The van der Waals surface area contributed by atoms with Gasteiger partial charge in [0, 0.05) is 68.0 Å². The molecule has 0 radical (unpaired) electrons. The number of amides is 1. The summed E-state index contributed by atoms with van der Waals surface area (Å²) >= 11 is -0.0934. The largest absolute Gasteiger partial charge is 0.446 e. The first kappa shape index (κ1) is 25.7. The van der Waals surface area contributed by atoms with E-state index in [-0.39, 0.29) is 28.6 Å². The lowest BCUT2D eigenvalue weighted by Gasteiger charge is -2.36. The normalized spacial score (nSPS) is 18.0. The predicted octanol–water partition coefficient (Wildman–Crippen LogP) is 4.99. The number of thioether (sulfide) groups is 1. The van der Waals surface area contributed by atoms with Gasteiger partial charge in [0.25, 0.3) is 0 Å². The highest BCUT2D eigenvalue weighted by Crippen LogP contribution is 2.37. The molecular formula is C26H33F3N4OS. The molecule has 0 aromatic heterocycles. The summed E-state index contributed by atoms with van der Waals surface area (Å²) in [6.07, 6.45) is 3.08. The molecule has 0 aliphatic carbocycles. The van der Waals surface area contributed by atoms with E-state index in [1.807, 2.05) is 6.07 Å². The van der Waals surface area contributed by atoms with Crippen molar-refractivity contribution in [2.75, 3.05) is 55.6 Å². The molecule has 0 spiro atoms. The van der Waals surface area contributed by atoms with E-state index in [0.717, 1.165) is 70.8 Å². The maximum Gasteiger partial charge on any atom is 0.446 e. The molecule has 2 aliphatic rings. The number of nitrogens with zero attached hydrogens (tertiary/aromatic N) is 3. The molecule has 2 fully saturated rings. The van der Waals surface area contributed by atoms with Crippen LogP contribution in [-0.2, 0) is 4.79 Å². The molecule has 0 unspecified atom stereocenters. The fraction of sp³-hybridized carbons (Fsp3) is 0.500. The van der Waals surface area contributed by atoms with Gasteiger partial charge in [0.15, 0.2) is 0 Å². The average molecular weight is 507 g/mol. The molecule has 5 nitrogen and oxygen atoms in total. The molecule has 2 aromatic rings. The lowest BCUT2D eigenvalue weighted by atomic mass is 10.0. The summed E-state index contributed by atoms with van der Waals surface area (Å²) in [5, 5.41) is 3.17. The van der Waals surface area contributed by atoms with E-state index in [9.17, 15) is 18.0 Å². The highest BCUT2D eigenvalue weighted by molar-refractivity contribution is 8.00. The minimum Gasteiger partial charge on any atom is -0.371 e. The molecule has 1 amide bonds. The van der Waals surface area contributed by atoms with E-state index in [1.54, 1.807) is 12.1 Å². The summed E-state index contributed by atoms with van der Waals surface area (Å²) in [4.78, 5) is 19.7. The quantitative estimate of drug-likeness (QED) is 0.511. The summed E-state index contributed by atoms with van der Waals surface area (Å²) in [5.74, 6) is 0.111. The minimum atomic E-state index is -4.27. The van der Waals surface area contributed by atoms with Gasteiger partial charge in [0.1, 0.15) is 0 Å². The van der Waals surface area contributed by atoms with Crippen LogP contribution < -0.4 is 15.1 Å². The Balaban J connectivity index is 1.10. The Bertz CT molecular complexity index is 926. The van der Waals surface area contributed by atoms with Crippen molar-refractivity contribution in [1.29, 1.82) is 0 Å². The minimum absolute atomic E-state index is 0.0934. The first-order valence-corrected chi connectivity index (χ1v) is 13.1. The molecule has 0 saturated carbocycles. The molecule has 0 bridgehead atoms. The standard InChI is InChI=1S/C26H33F3N4OS/c27-26(28,29)35-24-10-8-23(9-11-24)32-15-12-21(13-16-32)30-25(34)7-4-14-31-17-19-33(20-18-31)22-5-2-1-3-6-22/h1-3,5-6,8-11,21H,4,7,12-20H2,(H,30,34). The number of carbonyl (C=O) groups is 1. The molecule has 35 heavy (non-hydrogen) atoms. The number of benzene rings is 2. The van der Waals surface area contributed by atoms with Crippen LogP contribution in [0.5, 0.6) is 0 Å². The number of nitrogens with one attached hydrogen (secondary N) is 1. The van der Waals surface area contributed by atoms with E-state index >= 15 is 0 Å². The van der Waals surface area contributed by atoms with Crippen molar-refractivity contribution in [2.24, 2.45) is 0 Å². The predicted molar refractivity (Wildman–Crippen MR) is 136 cm³/mol. The number of anilines is 2. The van der Waals surface area contributed by atoms with Gasteiger partial charge < -0.3 is 15.1 Å². The van der Waals surface area contributed by atoms with E-state index in [1.165, 1.54) is 17.8 Å². The summed E-state index contributed by atoms with van der Waals surface area (Å²) in [6.45, 7) is 6.56. The van der Waals surface area contributed by atoms with Crippen molar-refractivity contribution in [3.05, 3.63) is 54.6 Å². The van der Waals surface area contributed by atoms with Crippen molar-refractivity contribution >= 4 is 29.0 Å². The van der Waals surface area contributed by atoms with Crippen LogP contribution in [0.2, 0.25) is 0 Å². The van der Waals surface area contributed by atoms with Crippen LogP contribution in [0.25, 0.3) is 0 Å².